The summed E-state index contributed by atoms with van der Waals surface area (Å²) >= 11 is 0. The third-order valence-corrected chi connectivity index (χ3v) is 8.43. The number of anilines is 1. The average Bonchev–Trinajstić information content (AvgIpc) is 2.96. The van der Waals surface area contributed by atoms with E-state index in [-0.39, 0.29) is 0 Å². The van der Waals surface area contributed by atoms with Crippen LogP contribution in [0.15, 0.2) is 24.3 Å². The molecule has 2 nitrogen and oxygen atoms in total. The van der Waals surface area contributed by atoms with E-state index in [1.54, 1.807) is 0 Å². The van der Waals surface area contributed by atoms with E-state index in [0.29, 0.717) is 0 Å². The lowest BCUT2D eigenvalue weighted by molar-refractivity contribution is 0.531. The smallest absolute Gasteiger partial charge is 0.101 e. The van der Waals surface area contributed by atoms with Gasteiger partial charge in [-0.25, -0.2) is 0 Å². The first kappa shape index (κ1) is 35.5. The van der Waals surface area contributed by atoms with Crippen LogP contribution in [0.3, 0.4) is 0 Å². The van der Waals surface area contributed by atoms with Gasteiger partial charge in [-0.3, -0.25) is 0 Å². The van der Waals surface area contributed by atoms with Crippen molar-refractivity contribution < 1.29 is 0 Å². The van der Waals surface area contributed by atoms with Crippen LogP contribution < -0.4 is 4.90 Å². The Labute approximate surface area is 245 Å². The molecule has 0 aliphatic rings. The number of benzene rings is 1. The van der Waals surface area contributed by atoms with Crippen LogP contribution in [0.25, 0.3) is 0 Å². The summed E-state index contributed by atoms with van der Waals surface area (Å²) in [5, 5.41) is 9.66. The molecule has 0 saturated heterocycles. The Balaban J connectivity index is 2.16. The number of rotatable bonds is 29. The molecular weight excluding hydrogens is 472 g/mol. The van der Waals surface area contributed by atoms with Crippen molar-refractivity contribution in [2.45, 2.75) is 181 Å². The Kier molecular flexibility index (Phi) is 25.6. The van der Waals surface area contributed by atoms with E-state index >= 15 is 0 Å². The van der Waals surface area contributed by atoms with Crippen LogP contribution in [0.5, 0.6) is 0 Å². The second-order valence-electron chi connectivity index (χ2n) is 12.1. The molecule has 1 aromatic rings. The summed E-state index contributed by atoms with van der Waals surface area (Å²) in [6, 6.07) is 10.7. The summed E-state index contributed by atoms with van der Waals surface area (Å²) < 4.78 is 0. The monoisotopic (exact) mass is 539 g/mol. The average molecular weight is 539 g/mol. The zero-order valence-corrected chi connectivity index (χ0v) is 26.5. The lowest BCUT2D eigenvalue weighted by Gasteiger charge is -2.26. The second-order valence-corrected chi connectivity index (χ2v) is 12.1. The van der Waals surface area contributed by atoms with Crippen LogP contribution in [0, 0.1) is 11.3 Å². The second kappa shape index (κ2) is 28.1. The Morgan fingerprint density at radius 3 is 1.10 bits per heavy atom. The van der Waals surface area contributed by atoms with Gasteiger partial charge in [0.05, 0.1) is 11.3 Å². The van der Waals surface area contributed by atoms with Gasteiger partial charge < -0.3 is 4.90 Å². The van der Waals surface area contributed by atoms with Gasteiger partial charge in [-0.05, 0) is 25.0 Å². The van der Waals surface area contributed by atoms with Gasteiger partial charge in [0.25, 0.3) is 0 Å². The first-order valence-electron chi connectivity index (χ1n) is 17.6. The van der Waals surface area contributed by atoms with Crippen molar-refractivity contribution in [1.29, 1.82) is 5.26 Å². The third-order valence-electron chi connectivity index (χ3n) is 8.43. The van der Waals surface area contributed by atoms with Gasteiger partial charge in [-0.15, -0.1) is 0 Å². The van der Waals surface area contributed by atoms with Crippen molar-refractivity contribution in [3.05, 3.63) is 29.8 Å². The zero-order chi connectivity index (χ0) is 28.1. The van der Waals surface area contributed by atoms with Gasteiger partial charge >= 0.3 is 0 Å². The van der Waals surface area contributed by atoms with Crippen molar-refractivity contribution in [2.75, 3.05) is 18.0 Å². The number of nitrogens with zero attached hydrogens (tertiary/aromatic N) is 2. The number of para-hydroxylation sites is 1. The number of hydrogen-bond acceptors (Lipinski definition) is 2. The van der Waals surface area contributed by atoms with E-state index < -0.39 is 0 Å². The number of nitriles is 1. The van der Waals surface area contributed by atoms with E-state index in [1.165, 1.54) is 167 Å². The lowest BCUT2D eigenvalue weighted by atomic mass is 10.0. The van der Waals surface area contributed by atoms with Gasteiger partial charge in [-0.2, -0.15) is 5.26 Å². The van der Waals surface area contributed by atoms with Gasteiger partial charge in [0, 0.05) is 13.1 Å². The van der Waals surface area contributed by atoms with Crippen LogP contribution in [0.4, 0.5) is 5.69 Å². The van der Waals surface area contributed by atoms with Gasteiger partial charge in [0.1, 0.15) is 6.07 Å². The predicted molar refractivity (Wildman–Crippen MR) is 175 cm³/mol. The lowest BCUT2D eigenvalue weighted by Crippen LogP contribution is -2.26. The Morgan fingerprint density at radius 2 is 0.769 bits per heavy atom. The van der Waals surface area contributed by atoms with Crippen LogP contribution >= 0.6 is 0 Å². The summed E-state index contributed by atoms with van der Waals surface area (Å²) in [5.74, 6) is 0. The molecule has 0 spiro atoms. The fourth-order valence-corrected chi connectivity index (χ4v) is 5.84. The molecule has 0 N–H and O–H groups in total. The Morgan fingerprint density at radius 1 is 0.462 bits per heavy atom. The maximum Gasteiger partial charge on any atom is 0.101 e. The summed E-state index contributed by atoms with van der Waals surface area (Å²) in [5.41, 5.74) is 1.99. The quantitative estimate of drug-likeness (QED) is 0.0948. The molecule has 2 heteroatoms. The molecule has 0 radical (unpaired) electrons. The van der Waals surface area contributed by atoms with Crippen LogP contribution in [-0.4, -0.2) is 13.1 Å². The highest BCUT2D eigenvalue weighted by molar-refractivity contribution is 5.59. The molecule has 1 aromatic carbocycles. The van der Waals surface area contributed by atoms with Crippen LogP contribution in [0.2, 0.25) is 0 Å². The van der Waals surface area contributed by atoms with Crippen molar-refractivity contribution in [1.82, 2.24) is 0 Å². The normalized spacial score (nSPS) is 11.1. The van der Waals surface area contributed by atoms with Crippen molar-refractivity contribution in [2.24, 2.45) is 0 Å². The highest BCUT2D eigenvalue weighted by atomic mass is 15.1. The predicted octanol–water partition coefficient (Wildman–Crippen LogP) is 12.5. The standard InChI is InChI=1S/C37H66N2/c1-3-5-7-9-11-13-15-17-19-21-23-25-29-33-39(37-32-28-27-31-36(37)35-38)34-30-26-24-22-20-18-16-14-12-10-8-6-4-2/h27-28,31-32H,3-26,29-30,33-34H2,1-2H3. The molecule has 0 heterocycles. The minimum atomic E-state index is 0.835. The van der Waals surface area contributed by atoms with Gasteiger partial charge in [0.15, 0.2) is 0 Å². The Bertz CT molecular complexity index is 646. The largest absolute Gasteiger partial charge is 0.370 e. The molecule has 1 rings (SSSR count). The molecule has 0 aromatic heterocycles. The summed E-state index contributed by atoms with van der Waals surface area (Å²) in [6.07, 6.45) is 36.2. The molecule has 0 atom stereocenters. The van der Waals surface area contributed by atoms with Crippen LogP contribution in [-0.2, 0) is 0 Å². The molecule has 0 aliphatic carbocycles. The molecule has 0 amide bonds. The Hall–Kier alpha value is -1.49. The molecular formula is C37H66N2. The molecule has 0 aliphatic heterocycles. The van der Waals surface area contributed by atoms with E-state index in [0.717, 1.165) is 24.3 Å². The molecule has 224 valence electrons. The summed E-state index contributed by atoms with van der Waals surface area (Å²) in [7, 11) is 0. The summed E-state index contributed by atoms with van der Waals surface area (Å²) in [6.45, 7) is 6.77. The molecule has 0 saturated carbocycles. The maximum absolute atomic E-state index is 9.66. The van der Waals surface area contributed by atoms with E-state index in [4.69, 9.17) is 0 Å². The van der Waals surface area contributed by atoms with E-state index in [1.807, 2.05) is 12.1 Å². The van der Waals surface area contributed by atoms with Gasteiger partial charge in [0.2, 0.25) is 0 Å². The van der Waals surface area contributed by atoms with E-state index in [9.17, 15) is 5.26 Å². The van der Waals surface area contributed by atoms with Crippen molar-refractivity contribution in [3.8, 4) is 6.07 Å². The minimum Gasteiger partial charge on any atom is -0.370 e. The number of hydrogen-bond donors (Lipinski definition) is 0. The maximum atomic E-state index is 9.66. The topological polar surface area (TPSA) is 27.0 Å². The van der Waals surface area contributed by atoms with Gasteiger partial charge in [-0.1, -0.05) is 180 Å². The molecule has 0 fully saturated rings. The zero-order valence-electron chi connectivity index (χ0n) is 26.5. The first-order chi connectivity index (χ1) is 19.3. The fraction of sp³-hybridized carbons (Fsp3) is 0.811. The van der Waals surface area contributed by atoms with Crippen molar-refractivity contribution >= 4 is 5.69 Å². The van der Waals surface area contributed by atoms with Crippen molar-refractivity contribution in [3.63, 3.8) is 0 Å². The molecule has 0 unspecified atom stereocenters. The summed E-state index contributed by atoms with van der Waals surface area (Å²) in [4.78, 5) is 2.51. The third kappa shape index (κ3) is 21.0. The van der Waals surface area contributed by atoms with E-state index in [2.05, 4.69) is 36.9 Å². The molecule has 39 heavy (non-hydrogen) atoms. The van der Waals surface area contributed by atoms with Crippen LogP contribution in [0.1, 0.15) is 186 Å². The SMILES string of the molecule is CCCCCCCCCCCCCCCN(CCCCCCCCCCCCCCC)c1ccccc1C#N. The first-order valence-corrected chi connectivity index (χ1v) is 17.6. The highest BCUT2D eigenvalue weighted by Crippen LogP contribution is 2.22. The fourth-order valence-electron chi connectivity index (χ4n) is 5.84. The highest BCUT2D eigenvalue weighted by Gasteiger charge is 2.10. The number of unbranched alkanes of at least 4 members (excludes halogenated alkanes) is 24. The molecule has 0 bridgehead atoms. The minimum absolute atomic E-state index is 0.835.